The summed E-state index contributed by atoms with van der Waals surface area (Å²) in [7, 11) is 0. The van der Waals surface area contributed by atoms with Gasteiger partial charge in [-0.1, -0.05) is 54.6 Å². The summed E-state index contributed by atoms with van der Waals surface area (Å²) < 4.78 is 35.9. The van der Waals surface area contributed by atoms with Gasteiger partial charge in [0.25, 0.3) is 0 Å². The number of para-hydroxylation sites is 3. The minimum Gasteiger partial charge on any atom is -0.488 e. The topological polar surface area (TPSA) is 126 Å². The lowest BCUT2D eigenvalue weighted by Crippen LogP contribution is -2.40. The Morgan fingerprint density at radius 2 is 0.708 bits per heavy atom. The maximum absolute atomic E-state index is 10.5. The molecule has 4 aliphatic rings. The number of benzene rings is 3. The number of fused-ring (bicyclic) bond motifs is 3. The van der Waals surface area contributed by atoms with Crippen LogP contribution >= 0.6 is 0 Å². The summed E-state index contributed by atoms with van der Waals surface area (Å²) in [5, 5.41) is 31.6. The van der Waals surface area contributed by atoms with Gasteiger partial charge >= 0.3 is 0 Å². The Balaban J connectivity index is 1.13. The zero-order chi connectivity index (χ0) is 32.9. The van der Waals surface area contributed by atoms with Crippen molar-refractivity contribution in [3.63, 3.8) is 0 Å². The van der Waals surface area contributed by atoms with Crippen LogP contribution in [0.2, 0.25) is 0 Å². The average molecular weight is 664 g/mol. The van der Waals surface area contributed by atoms with Crippen molar-refractivity contribution in [3.8, 4) is 17.2 Å². The summed E-state index contributed by atoms with van der Waals surface area (Å²) in [6, 6.07) is 23.4. The molecule has 3 aromatic carbocycles. The maximum Gasteiger partial charge on any atom is 0.190 e. The largest absolute Gasteiger partial charge is 0.488 e. The fourth-order valence-corrected chi connectivity index (χ4v) is 6.88. The van der Waals surface area contributed by atoms with E-state index in [-0.39, 0.29) is 38.1 Å². The summed E-state index contributed by atoms with van der Waals surface area (Å²) in [5.41, 5.74) is 2.74. The zero-order valence-electron chi connectivity index (χ0n) is 27.0. The highest BCUT2D eigenvalue weighted by atomic mass is 16.7. The summed E-state index contributed by atoms with van der Waals surface area (Å²) in [6.07, 6.45) is -4.24. The molecule has 0 aliphatic carbocycles. The maximum atomic E-state index is 10.5. The molecule has 48 heavy (non-hydrogen) atoms. The summed E-state index contributed by atoms with van der Waals surface area (Å²) in [5.74, 6) is 2.17. The van der Waals surface area contributed by atoms with Gasteiger partial charge in [-0.15, -0.1) is 0 Å². The van der Waals surface area contributed by atoms with Crippen molar-refractivity contribution in [1.29, 1.82) is 0 Å². The van der Waals surface area contributed by atoms with Gasteiger partial charge in [0.15, 0.2) is 18.9 Å². The molecule has 258 valence electrons. The molecule has 3 aromatic rings. The van der Waals surface area contributed by atoms with Gasteiger partial charge in [-0.25, -0.2) is 0 Å². The van der Waals surface area contributed by atoms with Crippen molar-refractivity contribution in [2.24, 2.45) is 0 Å². The highest BCUT2D eigenvalue weighted by molar-refractivity contribution is 5.38. The fourth-order valence-electron chi connectivity index (χ4n) is 6.88. The van der Waals surface area contributed by atoms with E-state index in [1.807, 2.05) is 72.8 Å². The second-order valence-corrected chi connectivity index (χ2v) is 12.7. The van der Waals surface area contributed by atoms with Crippen LogP contribution in [0.4, 0.5) is 0 Å². The minimum atomic E-state index is -1.03. The van der Waals surface area contributed by atoms with Gasteiger partial charge in [0, 0.05) is 75.6 Å². The second-order valence-electron chi connectivity index (χ2n) is 12.7. The number of hydrogen-bond acceptors (Lipinski definition) is 12. The molecule has 7 rings (SSSR count). The molecular formula is C36H45N3O9. The Bertz CT molecular complexity index is 1310. The van der Waals surface area contributed by atoms with Crippen molar-refractivity contribution in [2.75, 3.05) is 78.7 Å². The third kappa shape index (κ3) is 8.11. The van der Waals surface area contributed by atoms with E-state index < -0.39 is 18.9 Å². The Labute approximate surface area is 280 Å². The predicted molar refractivity (Wildman–Crippen MR) is 175 cm³/mol. The predicted octanol–water partition coefficient (Wildman–Crippen LogP) is 2.31. The number of hydrogen-bond donors (Lipinski definition) is 3. The van der Waals surface area contributed by atoms with Crippen LogP contribution < -0.4 is 14.2 Å². The monoisotopic (exact) mass is 663 g/mol. The first-order chi connectivity index (χ1) is 23.5. The van der Waals surface area contributed by atoms with Crippen LogP contribution in [-0.4, -0.2) is 128 Å². The zero-order valence-corrected chi connectivity index (χ0v) is 27.0. The number of nitrogens with zero attached hydrogens (tertiary/aromatic N) is 3. The molecule has 12 nitrogen and oxygen atoms in total. The minimum absolute atomic E-state index is 0.0753. The van der Waals surface area contributed by atoms with Crippen LogP contribution in [-0.2, 0) is 14.2 Å². The Hall–Kier alpha value is -3.30. The smallest absolute Gasteiger partial charge is 0.190 e. The third-order valence-electron chi connectivity index (χ3n) is 9.38. The normalized spacial score (nSPS) is 29.1. The average Bonchev–Trinajstić information content (AvgIpc) is 3.40. The molecule has 12 heteroatoms. The first-order valence-electron chi connectivity index (χ1n) is 16.8. The Kier molecular flexibility index (Phi) is 10.7. The fraction of sp³-hybridized carbons (Fsp3) is 0.500. The Morgan fingerprint density at radius 3 is 1.00 bits per heavy atom. The van der Waals surface area contributed by atoms with Crippen LogP contribution in [0.1, 0.15) is 35.0 Å². The lowest BCUT2D eigenvalue weighted by atomic mass is 10.1. The van der Waals surface area contributed by atoms with E-state index in [0.717, 1.165) is 73.2 Å². The molecule has 0 aromatic heterocycles. The van der Waals surface area contributed by atoms with Crippen LogP contribution in [0, 0.1) is 0 Å². The third-order valence-corrected chi connectivity index (χ3v) is 9.38. The quantitative estimate of drug-likeness (QED) is 0.359. The van der Waals surface area contributed by atoms with E-state index in [9.17, 15) is 15.3 Å². The molecule has 0 radical (unpaired) electrons. The molecule has 6 atom stereocenters. The molecule has 0 amide bonds. The van der Waals surface area contributed by atoms with Crippen LogP contribution in [0.15, 0.2) is 72.8 Å². The van der Waals surface area contributed by atoms with E-state index in [2.05, 4.69) is 14.7 Å². The van der Waals surface area contributed by atoms with Gasteiger partial charge in [0.05, 0.1) is 0 Å². The summed E-state index contributed by atoms with van der Waals surface area (Å²) >= 11 is 0. The van der Waals surface area contributed by atoms with E-state index in [4.69, 9.17) is 28.4 Å². The second kappa shape index (κ2) is 15.5. The highest BCUT2D eigenvalue weighted by Crippen LogP contribution is 2.35. The van der Waals surface area contributed by atoms with Crippen LogP contribution in [0.25, 0.3) is 0 Å². The molecule has 3 N–H and O–H groups in total. The standard InChI is InChI=1S/C36H45N3O9/c40-34-22-43-28-10-4-1-7-25(28)31(46-34)19-37-13-15-38(20-32-26-8-2-5-11-29(26)44-23-35(41)47-32)17-18-39(16-14-37)21-33-27-9-3-6-12-30(27)45-24-36(42)48-33/h1-12,31-36,40-42H,13-24H2. The molecule has 0 spiro atoms. The van der Waals surface area contributed by atoms with Gasteiger partial charge in [0.1, 0.15) is 55.4 Å². The van der Waals surface area contributed by atoms with Crippen molar-refractivity contribution in [2.45, 2.75) is 37.2 Å². The van der Waals surface area contributed by atoms with Gasteiger partial charge in [0.2, 0.25) is 0 Å². The lowest BCUT2D eigenvalue weighted by molar-refractivity contribution is -0.152. The number of ether oxygens (including phenoxy) is 6. The molecule has 0 saturated carbocycles. The number of aliphatic hydroxyl groups excluding tert-OH is 3. The van der Waals surface area contributed by atoms with Gasteiger partial charge in [-0.3, -0.25) is 14.7 Å². The van der Waals surface area contributed by atoms with Crippen molar-refractivity contribution in [1.82, 2.24) is 14.7 Å². The molecule has 0 bridgehead atoms. The van der Waals surface area contributed by atoms with Gasteiger partial charge < -0.3 is 43.7 Å². The number of aliphatic hydroxyl groups is 3. The highest BCUT2D eigenvalue weighted by Gasteiger charge is 2.32. The summed E-state index contributed by atoms with van der Waals surface area (Å²) in [4.78, 5) is 7.10. The van der Waals surface area contributed by atoms with E-state index >= 15 is 0 Å². The van der Waals surface area contributed by atoms with Gasteiger partial charge in [-0.05, 0) is 18.2 Å². The summed E-state index contributed by atoms with van der Waals surface area (Å²) in [6.45, 7) is 6.38. The van der Waals surface area contributed by atoms with Crippen molar-refractivity contribution >= 4 is 0 Å². The van der Waals surface area contributed by atoms with Crippen molar-refractivity contribution < 1.29 is 43.7 Å². The number of rotatable bonds is 6. The Morgan fingerprint density at radius 1 is 0.438 bits per heavy atom. The molecule has 1 fully saturated rings. The first-order valence-corrected chi connectivity index (χ1v) is 16.8. The van der Waals surface area contributed by atoms with Crippen LogP contribution in [0.3, 0.4) is 0 Å². The molecule has 4 aliphatic heterocycles. The van der Waals surface area contributed by atoms with E-state index in [0.29, 0.717) is 19.6 Å². The molecule has 6 unspecified atom stereocenters. The first kappa shape index (κ1) is 33.2. The molecule has 4 heterocycles. The van der Waals surface area contributed by atoms with Crippen LogP contribution in [0.5, 0.6) is 17.2 Å². The SMILES string of the molecule is OC1COc2ccccc2C(CN2CCN(CC3OC(O)COc4ccccc43)CCN(CC3OC(O)COc4ccccc43)CC2)O1. The van der Waals surface area contributed by atoms with Gasteiger partial charge in [-0.2, -0.15) is 0 Å². The van der Waals surface area contributed by atoms with E-state index in [1.54, 1.807) is 0 Å². The molecular weight excluding hydrogens is 618 g/mol. The van der Waals surface area contributed by atoms with E-state index in [1.165, 1.54) is 0 Å². The van der Waals surface area contributed by atoms with Crippen molar-refractivity contribution in [3.05, 3.63) is 89.5 Å². The lowest BCUT2D eigenvalue weighted by Gasteiger charge is -2.31. The molecule has 1 saturated heterocycles.